The lowest BCUT2D eigenvalue weighted by atomic mass is 10.3. The predicted octanol–water partition coefficient (Wildman–Crippen LogP) is -1.39. The number of hydrogen-bond donors (Lipinski definition) is 3. The minimum Gasteiger partial charge on any atom is -0.396 e. The maximum Gasteiger partial charge on any atom is 0.272 e. The molecule has 0 spiro atoms. The number of nitrogen functional groups attached to an aromatic ring is 1. The summed E-state index contributed by atoms with van der Waals surface area (Å²) in [6, 6.07) is -0.744. The van der Waals surface area contributed by atoms with Gasteiger partial charge in [-0.25, -0.2) is 0 Å². The quantitative estimate of drug-likeness (QED) is 0.570. The lowest BCUT2D eigenvalue weighted by Gasteiger charge is -2.10. The first-order valence-corrected chi connectivity index (χ1v) is 4.31. The summed E-state index contributed by atoms with van der Waals surface area (Å²) in [5, 5.41) is 6.21. The zero-order chi connectivity index (χ0) is 11.6. The highest BCUT2D eigenvalue weighted by atomic mass is 16.2. The second-order valence-corrected chi connectivity index (χ2v) is 3.17. The molecular weight excluding hydrogens is 198 g/mol. The van der Waals surface area contributed by atoms with E-state index in [9.17, 15) is 9.59 Å². The van der Waals surface area contributed by atoms with E-state index < -0.39 is 17.9 Å². The highest BCUT2D eigenvalue weighted by Gasteiger charge is 2.18. The third kappa shape index (κ3) is 2.25. The van der Waals surface area contributed by atoms with Crippen molar-refractivity contribution >= 4 is 17.5 Å². The van der Waals surface area contributed by atoms with Crippen LogP contribution in [0.2, 0.25) is 0 Å². The van der Waals surface area contributed by atoms with Gasteiger partial charge in [0.25, 0.3) is 5.91 Å². The van der Waals surface area contributed by atoms with Crippen LogP contribution in [0.25, 0.3) is 0 Å². The van der Waals surface area contributed by atoms with Crippen LogP contribution in [0.4, 0.5) is 5.69 Å². The molecule has 0 aromatic carbocycles. The molecule has 0 aliphatic heterocycles. The molecule has 5 N–H and O–H groups in total. The molecule has 1 rings (SSSR count). The van der Waals surface area contributed by atoms with Crippen molar-refractivity contribution in [2.45, 2.75) is 13.0 Å². The zero-order valence-corrected chi connectivity index (χ0v) is 8.52. The van der Waals surface area contributed by atoms with Crippen molar-refractivity contribution in [3.8, 4) is 0 Å². The third-order valence-electron chi connectivity index (χ3n) is 1.96. The number of carbonyl (C=O) groups excluding carboxylic acids is 2. The number of nitrogens with one attached hydrogen (secondary N) is 1. The Hall–Kier alpha value is -2.05. The predicted molar refractivity (Wildman–Crippen MR) is 53.7 cm³/mol. The summed E-state index contributed by atoms with van der Waals surface area (Å²) in [4.78, 5) is 22.3. The van der Waals surface area contributed by atoms with Crippen LogP contribution in [-0.4, -0.2) is 27.6 Å². The second-order valence-electron chi connectivity index (χ2n) is 3.17. The molecule has 0 saturated carbocycles. The van der Waals surface area contributed by atoms with Crippen LogP contribution in [0.1, 0.15) is 17.4 Å². The Kier molecular flexibility index (Phi) is 2.93. The summed E-state index contributed by atoms with van der Waals surface area (Å²) in [6.45, 7) is 1.49. The first-order valence-electron chi connectivity index (χ1n) is 4.31. The zero-order valence-electron chi connectivity index (χ0n) is 8.52. The molecule has 0 aliphatic carbocycles. The van der Waals surface area contributed by atoms with Gasteiger partial charge in [0.05, 0.1) is 11.9 Å². The fraction of sp³-hybridized carbons (Fsp3) is 0.375. The average Bonchev–Trinajstić information content (AvgIpc) is 2.45. The molecule has 15 heavy (non-hydrogen) atoms. The SMILES string of the molecule is CC(NC(=O)c1c(N)cnn1C)C(N)=O. The molecule has 82 valence electrons. The van der Waals surface area contributed by atoms with Gasteiger partial charge in [0.1, 0.15) is 11.7 Å². The number of carbonyl (C=O) groups is 2. The van der Waals surface area contributed by atoms with Crippen molar-refractivity contribution in [2.75, 3.05) is 5.73 Å². The van der Waals surface area contributed by atoms with E-state index >= 15 is 0 Å². The van der Waals surface area contributed by atoms with Crippen LogP contribution < -0.4 is 16.8 Å². The van der Waals surface area contributed by atoms with Gasteiger partial charge < -0.3 is 16.8 Å². The van der Waals surface area contributed by atoms with Crippen LogP contribution in [-0.2, 0) is 11.8 Å². The number of hydrogen-bond acceptors (Lipinski definition) is 4. The van der Waals surface area contributed by atoms with E-state index in [4.69, 9.17) is 11.5 Å². The lowest BCUT2D eigenvalue weighted by molar-refractivity contribution is -0.119. The highest BCUT2D eigenvalue weighted by molar-refractivity contribution is 5.99. The van der Waals surface area contributed by atoms with Gasteiger partial charge in [-0.05, 0) is 6.92 Å². The van der Waals surface area contributed by atoms with E-state index in [1.54, 1.807) is 7.05 Å². The monoisotopic (exact) mass is 211 g/mol. The van der Waals surface area contributed by atoms with Crippen LogP contribution in [0.3, 0.4) is 0 Å². The van der Waals surface area contributed by atoms with E-state index in [-0.39, 0.29) is 11.4 Å². The molecule has 1 unspecified atom stereocenters. The molecule has 2 amide bonds. The van der Waals surface area contributed by atoms with Crippen molar-refractivity contribution < 1.29 is 9.59 Å². The summed E-state index contributed by atoms with van der Waals surface area (Å²) >= 11 is 0. The van der Waals surface area contributed by atoms with E-state index in [0.29, 0.717) is 0 Å². The molecule has 0 bridgehead atoms. The number of aryl methyl sites for hydroxylation is 1. The van der Waals surface area contributed by atoms with E-state index in [1.165, 1.54) is 17.8 Å². The van der Waals surface area contributed by atoms with Gasteiger partial charge in [-0.2, -0.15) is 5.10 Å². The summed E-state index contributed by atoms with van der Waals surface area (Å²) in [6.07, 6.45) is 1.36. The number of aromatic nitrogens is 2. The van der Waals surface area contributed by atoms with Gasteiger partial charge in [-0.3, -0.25) is 14.3 Å². The molecule has 7 heteroatoms. The first kappa shape index (κ1) is 11.0. The number of nitrogens with zero attached hydrogens (tertiary/aromatic N) is 2. The molecule has 0 fully saturated rings. The molecule has 0 aliphatic rings. The standard InChI is InChI=1S/C8H13N5O2/c1-4(7(10)14)12-8(15)6-5(9)3-11-13(6)2/h3-4H,9H2,1-2H3,(H2,10,14)(H,12,15). The number of anilines is 1. The fourth-order valence-corrected chi connectivity index (χ4v) is 1.07. The van der Waals surface area contributed by atoms with Crippen LogP contribution in [0.5, 0.6) is 0 Å². The van der Waals surface area contributed by atoms with E-state index in [0.717, 1.165) is 0 Å². The molecule has 1 aromatic heterocycles. The van der Waals surface area contributed by atoms with Crippen molar-refractivity contribution in [3.63, 3.8) is 0 Å². The fourth-order valence-electron chi connectivity index (χ4n) is 1.07. The Balaban J connectivity index is 2.82. The number of primary amides is 1. The molecule has 1 atom stereocenters. The summed E-state index contributed by atoms with van der Waals surface area (Å²) in [5.74, 6) is -1.08. The molecule has 1 heterocycles. The van der Waals surface area contributed by atoms with Gasteiger partial charge in [-0.1, -0.05) is 0 Å². The average molecular weight is 211 g/mol. The van der Waals surface area contributed by atoms with E-state index in [2.05, 4.69) is 10.4 Å². The van der Waals surface area contributed by atoms with E-state index in [1.807, 2.05) is 0 Å². The molecule has 0 saturated heterocycles. The van der Waals surface area contributed by atoms with Crippen molar-refractivity contribution in [2.24, 2.45) is 12.8 Å². The normalized spacial score (nSPS) is 12.1. The Morgan fingerprint density at radius 2 is 2.20 bits per heavy atom. The summed E-state index contributed by atoms with van der Waals surface area (Å²) in [5.41, 5.74) is 11.0. The minimum atomic E-state index is -0.744. The highest BCUT2D eigenvalue weighted by Crippen LogP contribution is 2.08. The second kappa shape index (κ2) is 3.99. The number of amides is 2. The van der Waals surface area contributed by atoms with Gasteiger partial charge in [0.2, 0.25) is 5.91 Å². The van der Waals surface area contributed by atoms with Crippen LogP contribution in [0.15, 0.2) is 6.20 Å². The summed E-state index contributed by atoms with van der Waals surface area (Å²) < 4.78 is 1.33. The summed E-state index contributed by atoms with van der Waals surface area (Å²) in [7, 11) is 1.58. The Morgan fingerprint density at radius 1 is 1.60 bits per heavy atom. The molecule has 7 nitrogen and oxygen atoms in total. The maximum atomic E-state index is 11.6. The van der Waals surface area contributed by atoms with Gasteiger partial charge >= 0.3 is 0 Å². The Bertz CT molecular complexity index is 378. The Labute approximate surface area is 86.4 Å². The number of rotatable bonds is 3. The van der Waals surface area contributed by atoms with Crippen molar-refractivity contribution in [3.05, 3.63) is 11.9 Å². The van der Waals surface area contributed by atoms with Crippen molar-refractivity contribution in [1.82, 2.24) is 15.1 Å². The molecule has 1 aromatic rings. The Morgan fingerprint density at radius 3 is 2.60 bits per heavy atom. The molecular formula is C8H13N5O2. The van der Waals surface area contributed by atoms with Gasteiger partial charge in [-0.15, -0.1) is 0 Å². The largest absolute Gasteiger partial charge is 0.396 e. The third-order valence-corrected chi connectivity index (χ3v) is 1.96. The van der Waals surface area contributed by atoms with Crippen LogP contribution >= 0.6 is 0 Å². The minimum absolute atomic E-state index is 0.211. The first-order chi connectivity index (χ1) is 6.93. The van der Waals surface area contributed by atoms with Crippen molar-refractivity contribution in [1.29, 1.82) is 0 Å². The lowest BCUT2D eigenvalue weighted by Crippen LogP contribution is -2.42. The smallest absolute Gasteiger partial charge is 0.272 e. The van der Waals surface area contributed by atoms with Crippen LogP contribution in [0, 0.1) is 0 Å². The maximum absolute atomic E-state index is 11.6. The molecule has 0 radical (unpaired) electrons. The number of nitrogens with two attached hydrogens (primary N) is 2. The topological polar surface area (TPSA) is 116 Å². The van der Waals surface area contributed by atoms with Gasteiger partial charge in [0.15, 0.2) is 0 Å². The van der Waals surface area contributed by atoms with Gasteiger partial charge in [0, 0.05) is 7.05 Å².